The van der Waals surface area contributed by atoms with E-state index in [1.165, 1.54) is 19.2 Å². The molecule has 0 bridgehead atoms. The van der Waals surface area contributed by atoms with Gasteiger partial charge in [0.15, 0.2) is 0 Å². The Morgan fingerprint density at radius 2 is 1.95 bits per heavy atom. The molecule has 0 saturated heterocycles. The van der Waals surface area contributed by atoms with Crippen LogP contribution in [0, 0.1) is 6.92 Å². The average molecular weight is 299 g/mol. The van der Waals surface area contributed by atoms with Gasteiger partial charge in [-0.25, -0.2) is 0 Å². The second kappa shape index (κ2) is 5.81. The number of hydrogen-bond acceptors (Lipinski definition) is 2. The highest BCUT2D eigenvalue weighted by atomic mass is 19.4. The van der Waals surface area contributed by atoms with Gasteiger partial charge >= 0.3 is 6.18 Å². The molecule has 0 amide bonds. The molecule has 1 N–H and O–H groups in total. The summed E-state index contributed by atoms with van der Waals surface area (Å²) in [5, 5.41) is 9.05. The maximum absolute atomic E-state index is 13.3. The third-order valence-electron chi connectivity index (χ3n) is 3.29. The number of halogens is 3. The molecule has 0 unspecified atom stereocenters. The van der Waals surface area contributed by atoms with Gasteiger partial charge in [0.05, 0.1) is 25.0 Å². The maximum atomic E-state index is 13.3. The molecule has 2 rings (SSSR count). The molecule has 0 spiro atoms. The van der Waals surface area contributed by atoms with Crippen molar-refractivity contribution in [1.82, 2.24) is 4.57 Å². The van der Waals surface area contributed by atoms with Gasteiger partial charge in [-0.1, -0.05) is 0 Å². The molecule has 0 aliphatic rings. The summed E-state index contributed by atoms with van der Waals surface area (Å²) in [4.78, 5) is 0. The number of aliphatic hydroxyl groups is 1. The molecule has 0 aliphatic heterocycles. The summed E-state index contributed by atoms with van der Waals surface area (Å²) in [5.41, 5.74) is 0.514. The van der Waals surface area contributed by atoms with Crippen LogP contribution < -0.4 is 4.74 Å². The second-order valence-electron chi connectivity index (χ2n) is 4.67. The number of aromatic nitrogens is 1. The van der Waals surface area contributed by atoms with Crippen LogP contribution in [0.1, 0.15) is 11.1 Å². The van der Waals surface area contributed by atoms with Crippen molar-refractivity contribution in [3.63, 3.8) is 0 Å². The standard InChI is InChI=1S/C15H16F3NO2/c1-10-5-6-19(7-8-20)14(10)12-4-3-11(21-2)9-13(12)15(16,17)18/h3-6,9,20H,7-8H2,1-2H3. The number of methoxy groups -OCH3 is 1. The Labute approximate surface area is 120 Å². The molecular formula is C15H16F3NO2. The molecule has 21 heavy (non-hydrogen) atoms. The second-order valence-corrected chi connectivity index (χ2v) is 4.67. The fourth-order valence-corrected chi connectivity index (χ4v) is 2.33. The number of hydrogen-bond donors (Lipinski definition) is 1. The van der Waals surface area contributed by atoms with E-state index >= 15 is 0 Å². The quantitative estimate of drug-likeness (QED) is 0.938. The summed E-state index contributed by atoms with van der Waals surface area (Å²) in [6, 6.07) is 5.62. The summed E-state index contributed by atoms with van der Waals surface area (Å²) < 4.78 is 46.4. The molecule has 3 nitrogen and oxygen atoms in total. The Morgan fingerprint density at radius 3 is 2.52 bits per heavy atom. The first-order chi connectivity index (χ1) is 9.88. The minimum atomic E-state index is -4.48. The van der Waals surface area contributed by atoms with Crippen LogP contribution in [-0.2, 0) is 12.7 Å². The van der Waals surface area contributed by atoms with Gasteiger partial charge in [-0.2, -0.15) is 13.2 Å². The molecule has 1 heterocycles. The smallest absolute Gasteiger partial charge is 0.417 e. The van der Waals surface area contributed by atoms with E-state index < -0.39 is 11.7 Å². The van der Waals surface area contributed by atoms with Crippen molar-refractivity contribution >= 4 is 0 Å². The summed E-state index contributed by atoms with van der Waals surface area (Å²) >= 11 is 0. The van der Waals surface area contributed by atoms with E-state index in [-0.39, 0.29) is 24.5 Å². The number of nitrogens with zero attached hydrogens (tertiary/aromatic N) is 1. The van der Waals surface area contributed by atoms with E-state index in [0.29, 0.717) is 5.69 Å². The zero-order valence-electron chi connectivity index (χ0n) is 11.7. The normalized spacial score (nSPS) is 11.7. The Balaban J connectivity index is 2.66. The lowest BCUT2D eigenvalue weighted by Gasteiger charge is -2.17. The number of aryl methyl sites for hydroxylation is 1. The Morgan fingerprint density at radius 1 is 1.24 bits per heavy atom. The van der Waals surface area contributed by atoms with E-state index in [2.05, 4.69) is 0 Å². The van der Waals surface area contributed by atoms with Crippen LogP contribution in [0.4, 0.5) is 13.2 Å². The fraction of sp³-hybridized carbons (Fsp3) is 0.333. The molecule has 0 aliphatic carbocycles. The van der Waals surface area contributed by atoms with Gasteiger partial charge in [0.1, 0.15) is 5.75 Å². The number of aliphatic hydroxyl groups excluding tert-OH is 1. The van der Waals surface area contributed by atoms with Crippen LogP contribution in [0.3, 0.4) is 0 Å². The first-order valence-corrected chi connectivity index (χ1v) is 6.40. The van der Waals surface area contributed by atoms with Crippen molar-refractivity contribution in [2.24, 2.45) is 0 Å². The summed E-state index contributed by atoms with van der Waals surface area (Å²) in [5.74, 6) is 0.156. The predicted molar refractivity (Wildman–Crippen MR) is 73.2 cm³/mol. The highest BCUT2D eigenvalue weighted by Crippen LogP contribution is 2.40. The monoisotopic (exact) mass is 299 g/mol. The average Bonchev–Trinajstić information content (AvgIpc) is 2.78. The fourth-order valence-electron chi connectivity index (χ4n) is 2.33. The van der Waals surface area contributed by atoms with Gasteiger partial charge in [-0.15, -0.1) is 0 Å². The zero-order valence-corrected chi connectivity index (χ0v) is 11.7. The first kappa shape index (κ1) is 15.4. The lowest BCUT2D eigenvalue weighted by Crippen LogP contribution is -2.10. The SMILES string of the molecule is COc1ccc(-c2c(C)ccn2CCO)c(C(F)(F)F)c1. The molecule has 1 aromatic heterocycles. The lowest BCUT2D eigenvalue weighted by atomic mass is 10.0. The van der Waals surface area contributed by atoms with Crippen molar-refractivity contribution in [2.75, 3.05) is 13.7 Å². The van der Waals surface area contributed by atoms with Crippen molar-refractivity contribution in [1.29, 1.82) is 0 Å². The summed E-state index contributed by atoms with van der Waals surface area (Å²) in [6.45, 7) is 1.85. The maximum Gasteiger partial charge on any atom is 0.417 e. The third kappa shape index (κ3) is 3.05. The topological polar surface area (TPSA) is 34.4 Å². The van der Waals surface area contributed by atoms with Crippen molar-refractivity contribution in [3.05, 3.63) is 41.6 Å². The Kier molecular flexibility index (Phi) is 4.27. The van der Waals surface area contributed by atoms with Gasteiger partial charge in [0, 0.05) is 18.3 Å². The lowest BCUT2D eigenvalue weighted by molar-refractivity contribution is -0.137. The Bertz CT molecular complexity index is 632. The summed E-state index contributed by atoms with van der Waals surface area (Å²) in [7, 11) is 1.33. The number of ether oxygens (including phenoxy) is 1. The molecule has 114 valence electrons. The van der Waals surface area contributed by atoms with Crippen molar-refractivity contribution in [2.45, 2.75) is 19.6 Å². The van der Waals surface area contributed by atoms with Gasteiger partial charge < -0.3 is 14.4 Å². The predicted octanol–water partition coefficient (Wildman–Crippen LogP) is 3.48. The van der Waals surface area contributed by atoms with Gasteiger partial charge in [-0.05, 0) is 36.8 Å². The minimum absolute atomic E-state index is 0.0826. The minimum Gasteiger partial charge on any atom is -0.497 e. The molecule has 0 fully saturated rings. The molecule has 0 radical (unpaired) electrons. The number of alkyl halides is 3. The van der Waals surface area contributed by atoms with Gasteiger partial charge in [-0.3, -0.25) is 0 Å². The van der Waals surface area contributed by atoms with Crippen LogP contribution in [-0.4, -0.2) is 23.4 Å². The van der Waals surface area contributed by atoms with E-state index in [1.807, 2.05) is 0 Å². The van der Waals surface area contributed by atoms with Crippen LogP contribution in [0.15, 0.2) is 30.5 Å². The molecule has 0 atom stereocenters. The van der Waals surface area contributed by atoms with E-state index in [0.717, 1.165) is 11.6 Å². The van der Waals surface area contributed by atoms with E-state index in [4.69, 9.17) is 9.84 Å². The number of benzene rings is 1. The van der Waals surface area contributed by atoms with Crippen LogP contribution in [0.25, 0.3) is 11.3 Å². The molecular weight excluding hydrogens is 283 g/mol. The van der Waals surface area contributed by atoms with E-state index in [1.54, 1.807) is 23.8 Å². The Hall–Kier alpha value is -1.95. The zero-order chi connectivity index (χ0) is 15.6. The molecule has 6 heteroatoms. The molecule has 0 saturated carbocycles. The van der Waals surface area contributed by atoms with Gasteiger partial charge in [0.25, 0.3) is 0 Å². The first-order valence-electron chi connectivity index (χ1n) is 6.40. The van der Waals surface area contributed by atoms with Crippen LogP contribution in [0.5, 0.6) is 5.75 Å². The van der Waals surface area contributed by atoms with Crippen molar-refractivity contribution in [3.8, 4) is 17.0 Å². The highest BCUT2D eigenvalue weighted by Gasteiger charge is 2.35. The molecule has 1 aromatic carbocycles. The van der Waals surface area contributed by atoms with Crippen LogP contribution in [0.2, 0.25) is 0 Å². The third-order valence-corrected chi connectivity index (χ3v) is 3.29. The van der Waals surface area contributed by atoms with E-state index in [9.17, 15) is 13.2 Å². The number of rotatable bonds is 4. The summed E-state index contributed by atoms with van der Waals surface area (Å²) in [6.07, 6.45) is -2.81. The van der Waals surface area contributed by atoms with Crippen LogP contribution >= 0.6 is 0 Å². The van der Waals surface area contributed by atoms with Crippen molar-refractivity contribution < 1.29 is 23.0 Å². The largest absolute Gasteiger partial charge is 0.497 e. The van der Waals surface area contributed by atoms with Gasteiger partial charge in [0.2, 0.25) is 0 Å². The molecule has 2 aromatic rings. The highest BCUT2D eigenvalue weighted by molar-refractivity contribution is 5.69.